The SMILES string of the molecule is C/C(=C\Cc1c(O)cc(-c2cccnc2)oc1=O)CCC(O)C(C)(C)O. The minimum atomic E-state index is -1.15. The maximum absolute atomic E-state index is 12.2. The Kier molecular flexibility index (Phi) is 6.34. The second-order valence-electron chi connectivity index (χ2n) is 6.97. The molecule has 26 heavy (non-hydrogen) atoms. The third-order valence-electron chi connectivity index (χ3n) is 4.25. The van der Waals surface area contributed by atoms with E-state index in [4.69, 9.17) is 4.42 Å². The van der Waals surface area contributed by atoms with Gasteiger partial charge in [0.1, 0.15) is 11.5 Å². The third-order valence-corrected chi connectivity index (χ3v) is 4.25. The van der Waals surface area contributed by atoms with Crippen molar-refractivity contribution in [2.45, 2.75) is 51.7 Å². The average Bonchev–Trinajstić information content (AvgIpc) is 2.58. The number of nitrogens with zero attached hydrogens (tertiary/aromatic N) is 1. The van der Waals surface area contributed by atoms with Crippen LogP contribution in [0.4, 0.5) is 0 Å². The number of rotatable bonds is 7. The van der Waals surface area contributed by atoms with Gasteiger partial charge in [0.2, 0.25) is 0 Å². The van der Waals surface area contributed by atoms with Gasteiger partial charge in [0.05, 0.1) is 17.3 Å². The molecule has 140 valence electrons. The van der Waals surface area contributed by atoms with Gasteiger partial charge in [-0.1, -0.05) is 11.6 Å². The van der Waals surface area contributed by atoms with Gasteiger partial charge in [0.25, 0.3) is 0 Å². The van der Waals surface area contributed by atoms with Gasteiger partial charge >= 0.3 is 5.63 Å². The number of allylic oxidation sites excluding steroid dienone is 2. The minimum absolute atomic E-state index is 0.124. The molecule has 2 aromatic rings. The van der Waals surface area contributed by atoms with Crippen molar-refractivity contribution in [1.29, 1.82) is 0 Å². The Balaban J connectivity index is 2.09. The van der Waals surface area contributed by atoms with E-state index >= 15 is 0 Å². The number of aromatic nitrogens is 1. The second kappa shape index (κ2) is 8.29. The van der Waals surface area contributed by atoms with Crippen LogP contribution >= 0.6 is 0 Å². The summed E-state index contributed by atoms with van der Waals surface area (Å²) in [5, 5.41) is 29.8. The lowest BCUT2D eigenvalue weighted by molar-refractivity contribution is -0.0509. The van der Waals surface area contributed by atoms with Crippen molar-refractivity contribution in [3.63, 3.8) is 0 Å². The van der Waals surface area contributed by atoms with E-state index in [-0.39, 0.29) is 23.5 Å². The zero-order valence-corrected chi connectivity index (χ0v) is 15.3. The Morgan fingerprint density at radius 3 is 2.73 bits per heavy atom. The first kappa shape index (κ1) is 19.9. The molecular formula is C20H25NO5. The molecule has 1 unspecified atom stereocenters. The van der Waals surface area contributed by atoms with E-state index in [1.165, 1.54) is 6.07 Å². The summed E-state index contributed by atoms with van der Waals surface area (Å²) < 4.78 is 5.29. The maximum Gasteiger partial charge on any atom is 0.343 e. The lowest BCUT2D eigenvalue weighted by Gasteiger charge is -2.24. The van der Waals surface area contributed by atoms with E-state index in [9.17, 15) is 20.1 Å². The van der Waals surface area contributed by atoms with E-state index in [1.54, 1.807) is 38.4 Å². The largest absolute Gasteiger partial charge is 0.507 e. The molecule has 0 fully saturated rings. The highest BCUT2D eigenvalue weighted by Crippen LogP contribution is 2.24. The summed E-state index contributed by atoms with van der Waals surface area (Å²) in [6.45, 7) is 4.99. The van der Waals surface area contributed by atoms with Gasteiger partial charge in [0, 0.05) is 30.4 Å². The molecule has 0 bridgehead atoms. The van der Waals surface area contributed by atoms with Crippen LogP contribution in [0.1, 0.15) is 39.2 Å². The van der Waals surface area contributed by atoms with Crippen molar-refractivity contribution in [3.8, 4) is 17.1 Å². The summed E-state index contributed by atoms with van der Waals surface area (Å²) in [5.74, 6) is 0.138. The molecule has 2 heterocycles. The molecule has 2 aromatic heterocycles. The van der Waals surface area contributed by atoms with Crippen molar-refractivity contribution < 1.29 is 19.7 Å². The summed E-state index contributed by atoms with van der Waals surface area (Å²) in [4.78, 5) is 16.2. The number of pyridine rings is 1. The molecule has 0 radical (unpaired) electrons. The van der Waals surface area contributed by atoms with Crippen LogP contribution in [0, 0.1) is 0 Å². The molecule has 1 atom stereocenters. The topological polar surface area (TPSA) is 104 Å². The normalized spacial score (nSPS) is 13.7. The van der Waals surface area contributed by atoms with Crippen LogP contribution in [0.3, 0.4) is 0 Å². The predicted molar refractivity (Wildman–Crippen MR) is 98.9 cm³/mol. The molecule has 0 aromatic carbocycles. The quantitative estimate of drug-likeness (QED) is 0.657. The summed E-state index contributed by atoms with van der Waals surface area (Å²) in [7, 11) is 0. The summed E-state index contributed by atoms with van der Waals surface area (Å²) >= 11 is 0. The highest BCUT2D eigenvalue weighted by atomic mass is 16.4. The fourth-order valence-electron chi connectivity index (χ4n) is 2.44. The zero-order valence-electron chi connectivity index (χ0n) is 15.3. The Morgan fingerprint density at radius 2 is 2.15 bits per heavy atom. The monoisotopic (exact) mass is 359 g/mol. The lowest BCUT2D eigenvalue weighted by Crippen LogP contribution is -2.35. The van der Waals surface area contributed by atoms with E-state index in [2.05, 4.69) is 4.98 Å². The second-order valence-corrected chi connectivity index (χ2v) is 6.97. The fraction of sp³-hybridized carbons (Fsp3) is 0.400. The molecule has 0 aliphatic heterocycles. The summed E-state index contributed by atoms with van der Waals surface area (Å²) in [6, 6.07) is 4.87. The highest BCUT2D eigenvalue weighted by molar-refractivity contribution is 5.57. The highest BCUT2D eigenvalue weighted by Gasteiger charge is 2.23. The van der Waals surface area contributed by atoms with Crippen LogP contribution in [0.25, 0.3) is 11.3 Å². The van der Waals surface area contributed by atoms with Gasteiger partial charge in [-0.3, -0.25) is 4.98 Å². The number of hydrogen-bond donors (Lipinski definition) is 3. The van der Waals surface area contributed by atoms with Crippen LogP contribution < -0.4 is 5.63 Å². The minimum Gasteiger partial charge on any atom is -0.507 e. The summed E-state index contributed by atoms with van der Waals surface area (Å²) in [5.41, 5.74) is -0.00598. The molecule has 0 saturated carbocycles. The van der Waals surface area contributed by atoms with Crippen LogP contribution in [-0.4, -0.2) is 32.0 Å². The molecule has 0 spiro atoms. The molecule has 0 saturated heterocycles. The molecule has 6 nitrogen and oxygen atoms in total. The van der Waals surface area contributed by atoms with Crippen molar-refractivity contribution >= 4 is 0 Å². The molecule has 0 amide bonds. The Morgan fingerprint density at radius 1 is 1.42 bits per heavy atom. The maximum atomic E-state index is 12.2. The predicted octanol–water partition coefficient (Wildman–Crippen LogP) is 2.81. The number of aliphatic hydroxyl groups excluding tert-OH is 1. The summed E-state index contributed by atoms with van der Waals surface area (Å²) in [6.07, 6.45) is 5.35. The molecule has 0 aliphatic carbocycles. The number of aliphatic hydroxyl groups is 2. The first-order chi connectivity index (χ1) is 12.2. The van der Waals surface area contributed by atoms with E-state index in [1.807, 2.05) is 13.0 Å². The Bertz CT molecular complexity index is 818. The first-order valence-electron chi connectivity index (χ1n) is 8.51. The molecule has 0 aliphatic rings. The smallest absolute Gasteiger partial charge is 0.343 e. The molecule has 6 heteroatoms. The van der Waals surface area contributed by atoms with Crippen LogP contribution in [0.5, 0.6) is 5.75 Å². The van der Waals surface area contributed by atoms with E-state index in [0.717, 1.165) is 5.57 Å². The van der Waals surface area contributed by atoms with Crippen LogP contribution in [0.2, 0.25) is 0 Å². The van der Waals surface area contributed by atoms with Gasteiger partial charge in [-0.05, 0) is 45.7 Å². The average molecular weight is 359 g/mol. The first-order valence-corrected chi connectivity index (χ1v) is 8.51. The van der Waals surface area contributed by atoms with Crippen molar-refractivity contribution in [2.75, 3.05) is 0 Å². The van der Waals surface area contributed by atoms with Gasteiger partial charge in [-0.25, -0.2) is 4.79 Å². The Labute approximate surface area is 152 Å². The fourth-order valence-corrected chi connectivity index (χ4v) is 2.44. The van der Waals surface area contributed by atoms with Crippen LogP contribution in [-0.2, 0) is 6.42 Å². The number of aromatic hydroxyl groups is 1. The molecular weight excluding hydrogens is 334 g/mol. The molecule has 3 N–H and O–H groups in total. The zero-order chi connectivity index (χ0) is 19.3. The van der Waals surface area contributed by atoms with E-state index in [0.29, 0.717) is 18.4 Å². The number of hydrogen-bond acceptors (Lipinski definition) is 6. The molecule has 2 rings (SSSR count). The van der Waals surface area contributed by atoms with Gasteiger partial charge in [0.15, 0.2) is 0 Å². The van der Waals surface area contributed by atoms with Gasteiger partial charge < -0.3 is 19.7 Å². The van der Waals surface area contributed by atoms with Crippen molar-refractivity contribution in [1.82, 2.24) is 4.98 Å². The third kappa shape index (κ3) is 5.28. The van der Waals surface area contributed by atoms with Gasteiger partial charge in [-0.2, -0.15) is 0 Å². The lowest BCUT2D eigenvalue weighted by atomic mass is 9.95. The van der Waals surface area contributed by atoms with Crippen molar-refractivity contribution in [2.24, 2.45) is 0 Å². The standard InChI is InChI=1S/C20H25NO5/c1-13(7-9-18(23)20(2,3)25)6-8-15-16(22)11-17(26-19(15)24)14-5-4-10-21-12-14/h4-6,10-12,18,22-23,25H,7-9H2,1-3H3/b13-6+. The Hall–Kier alpha value is -2.44. The van der Waals surface area contributed by atoms with Crippen molar-refractivity contribution in [3.05, 3.63) is 58.2 Å². The van der Waals surface area contributed by atoms with E-state index < -0.39 is 17.3 Å². The van der Waals surface area contributed by atoms with Gasteiger partial charge in [-0.15, -0.1) is 0 Å². The van der Waals surface area contributed by atoms with Crippen LogP contribution in [0.15, 0.2) is 51.5 Å².